The maximum absolute atomic E-state index is 6.11. The Hall–Kier alpha value is -1.45. The zero-order valence-electron chi connectivity index (χ0n) is 15.5. The van der Waals surface area contributed by atoms with Crippen molar-refractivity contribution in [1.82, 2.24) is 24.8 Å². The lowest BCUT2D eigenvalue weighted by Crippen LogP contribution is -2.37. The lowest BCUT2D eigenvalue weighted by Gasteiger charge is -2.11. The van der Waals surface area contributed by atoms with Crippen LogP contribution in [0.1, 0.15) is 18.4 Å². The Kier molecular flexibility index (Phi) is 7.81. The van der Waals surface area contributed by atoms with Crippen LogP contribution in [0.2, 0.25) is 10.2 Å². The molecule has 0 saturated carbocycles. The molecule has 0 amide bonds. The van der Waals surface area contributed by atoms with Gasteiger partial charge in [0.05, 0.1) is 29.1 Å². The van der Waals surface area contributed by atoms with Crippen molar-refractivity contribution < 1.29 is 0 Å². The summed E-state index contributed by atoms with van der Waals surface area (Å²) in [6.45, 7) is 3.85. The zero-order valence-corrected chi connectivity index (χ0v) is 19.3. The number of imidazole rings is 1. The van der Waals surface area contributed by atoms with E-state index in [9.17, 15) is 0 Å². The van der Waals surface area contributed by atoms with E-state index >= 15 is 0 Å². The van der Waals surface area contributed by atoms with Gasteiger partial charge in [0.15, 0.2) is 5.96 Å². The molecule has 0 bridgehead atoms. The summed E-state index contributed by atoms with van der Waals surface area (Å²) >= 11 is 12.2. The van der Waals surface area contributed by atoms with Crippen molar-refractivity contribution in [2.24, 2.45) is 19.1 Å². The molecule has 0 aliphatic heterocycles. The van der Waals surface area contributed by atoms with Gasteiger partial charge in [-0.05, 0) is 25.1 Å². The number of hydrogen-bond donors (Lipinski definition) is 2. The van der Waals surface area contributed by atoms with Crippen LogP contribution in [0.25, 0.3) is 11.0 Å². The predicted octanol–water partition coefficient (Wildman–Crippen LogP) is 4.09. The molecule has 27 heavy (non-hydrogen) atoms. The predicted molar refractivity (Wildman–Crippen MR) is 123 cm³/mol. The number of aliphatic imine (C=N–C) groups is 1. The summed E-state index contributed by atoms with van der Waals surface area (Å²) in [6, 6.07) is 9.93. The number of nitrogens with zero attached hydrogens (tertiary/aromatic N) is 4. The fourth-order valence-electron chi connectivity index (χ4n) is 2.76. The SMILES string of the molecule is CCNC(=NCc1cc(Cl)c(Cl)n1C)NCc1nc2ccccc2n1C.I. The molecule has 0 unspecified atom stereocenters. The summed E-state index contributed by atoms with van der Waals surface area (Å²) < 4.78 is 3.92. The number of nitrogens with one attached hydrogen (secondary N) is 2. The molecule has 2 aromatic heterocycles. The fraction of sp³-hybridized carbons (Fsp3) is 0.333. The van der Waals surface area contributed by atoms with Crippen molar-refractivity contribution in [3.8, 4) is 0 Å². The summed E-state index contributed by atoms with van der Waals surface area (Å²) in [7, 11) is 3.89. The highest BCUT2D eigenvalue weighted by Gasteiger charge is 2.10. The van der Waals surface area contributed by atoms with Crippen molar-refractivity contribution in [1.29, 1.82) is 0 Å². The number of aryl methyl sites for hydroxylation is 1. The third-order valence-electron chi connectivity index (χ3n) is 4.25. The normalized spacial score (nSPS) is 11.5. The summed E-state index contributed by atoms with van der Waals surface area (Å²) in [5.41, 5.74) is 3.04. The Morgan fingerprint density at radius 1 is 1.15 bits per heavy atom. The van der Waals surface area contributed by atoms with E-state index in [4.69, 9.17) is 23.2 Å². The lowest BCUT2D eigenvalue weighted by atomic mass is 10.3. The highest BCUT2D eigenvalue weighted by Crippen LogP contribution is 2.25. The molecule has 2 N–H and O–H groups in total. The van der Waals surface area contributed by atoms with E-state index in [-0.39, 0.29) is 24.0 Å². The number of halogens is 3. The number of rotatable bonds is 5. The van der Waals surface area contributed by atoms with Crippen LogP contribution in [0, 0.1) is 0 Å². The summed E-state index contributed by atoms with van der Waals surface area (Å²) in [4.78, 5) is 9.29. The van der Waals surface area contributed by atoms with E-state index in [1.165, 1.54) is 0 Å². The van der Waals surface area contributed by atoms with E-state index < -0.39 is 0 Å². The van der Waals surface area contributed by atoms with Crippen LogP contribution in [0.15, 0.2) is 35.3 Å². The number of benzene rings is 1. The third-order valence-corrected chi connectivity index (χ3v) is 5.09. The summed E-state index contributed by atoms with van der Waals surface area (Å²) in [5.74, 6) is 1.66. The van der Waals surface area contributed by atoms with Crippen molar-refractivity contribution in [3.63, 3.8) is 0 Å². The minimum absolute atomic E-state index is 0. The highest BCUT2D eigenvalue weighted by molar-refractivity contribution is 14.0. The standard InChI is InChI=1S/C18H22Cl2N6.HI/c1-4-21-18(22-10-12-9-13(19)17(20)25(12)2)23-11-16-24-14-7-5-6-8-15(14)26(16)3;/h5-9H,4,10-11H2,1-3H3,(H2,21,22,23);1H. The van der Waals surface area contributed by atoms with Crippen LogP contribution >= 0.6 is 47.2 Å². The van der Waals surface area contributed by atoms with Crippen molar-refractivity contribution in [3.05, 3.63) is 52.0 Å². The average Bonchev–Trinajstić information content (AvgIpc) is 3.09. The zero-order chi connectivity index (χ0) is 18.7. The van der Waals surface area contributed by atoms with Gasteiger partial charge in [0.1, 0.15) is 11.0 Å². The smallest absolute Gasteiger partial charge is 0.192 e. The van der Waals surface area contributed by atoms with Crippen LogP contribution in [0.4, 0.5) is 0 Å². The molecule has 0 radical (unpaired) electrons. The van der Waals surface area contributed by atoms with Gasteiger partial charge in [0, 0.05) is 26.3 Å². The Morgan fingerprint density at radius 3 is 2.52 bits per heavy atom. The van der Waals surface area contributed by atoms with Gasteiger partial charge in [-0.2, -0.15) is 0 Å². The first-order valence-electron chi connectivity index (χ1n) is 8.43. The van der Waals surface area contributed by atoms with Gasteiger partial charge in [-0.3, -0.25) is 0 Å². The van der Waals surface area contributed by atoms with Gasteiger partial charge in [0.2, 0.25) is 0 Å². The highest BCUT2D eigenvalue weighted by atomic mass is 127. The minimum atomic E-state index is 0. The molecule has 1 aromatic carbocycles. The maximum atomic E-state index is 6.11. The van der Waals surface area contributed by atoms with Crippen LogP contribution in [0.5, 0.6) is 0 Å². The number of hydrogen-bond acceptors (Lipinski definition) is 2. The van der Waals surface area contributed by atoms with Gasteiger partial charge in [-0.1, -0.05) is 35.3 Å². The van der Waals surface area contributed by atoms with Crippen LogP contribution in [-0.2, 0) is 27.2 Å². The van der Waals surface area contributed by atoms with Gasteiger partial charge < -0.3 is 19.8 Å². The minimum Gasteiger partial charge on any atom is -0.357 e. The largest absolute Gasteiger partial charge is 0.357 e. The molecule has 9 heteroatoms. The summed E-state index contributed by atoms with van der Waals surface area (Å²) in [5, 5.41) is 7.64. The van der Waals surface area contributed by atoms with E-state index in [0.717, 1.165) is 29.1 Å². The molecule has 2 heterocycles. The maximum Gasteiger partial charge on any atom is 0.192 e. The number of guanidine groups is 1. The van der Waals surface area contributed by atoms with Crippen molar-refractivity contribution in [2.75, 3.05) is 6.54 Å². The van der Waals surface area contributed by atoms with Gasteiger partial charge in [0.25, 0.3) is 0 Å². The number of para-hydroxylation sites is 2. The number of fused-ring (bicyclic) bond motifs is 1. The van der Waals surface area contributed by atoms with E-state index in [2.05, 4.69) is 31.2 Å². The molecule has 6 nitrogen and oxygen atoms in total. The van der Waals surface area contributed by atoms with E-state index in [1.54, 1.807) is 0 Å². The molecule has 0 spiro atoms. The Bertz CT molecular complexity index is 947. The fourth-order valence-corrected chi connectivity index (χ4v) is 3.17. The van der Waals surface area contributed by atoms with Crippen molar-refractivity contribution >= 4 is 64.2 Å². The Morgan fingerprint density at radius 2 is 1.89 bits per heavy atom. The Labute approximate surface area is 186 Å². The molecule has 0 fully saturated rings. The van der Waals surface area contributed by atoms with Gasteiger partial charge >= 0.3 is 0 Å². The first-order valence-corrected chi connectivity index (χ1v) is 9.19. The first kappa shape index (κ1) is 21.8. The summed E-state index contributed by atoms with van der Waals surface area (Å²) in [6.07, 6.45) is 0. The topological polar surface area (TPSA) is 59.2 Å². The third kappa shape index (κ3) is 4.89. The lowest BCUT2D eigenvalue weighted by molar-refractivity contribution is 0.733. The molecule has 0 saturated heterocycles. The van der Waals surface area contributed by atoms with Crippen LogP contribution < -0.4 is 10.6 Å². The van der Waals surface area contributed by atoms with Crippen LogP contribution in [0.3, 0.4) is 0 Å². The second kappa shape index (κ2) is 9.66. The first-order chi connectivity index (χ1) is 12.5. The van der Waals surface area contributed by atoms with Crippen LogP contribution in [-0.4, -0.2) is 26.6 Å². The monoisotopic (exact) mass is 520 g/mol. The molecule has 0 aliphatic carbocycles. The second-order valence-corrected chi connectivity index (χ2v) is 6.72. The second-order valence-electron chi connectivity index (χ2n) is 5.96. The Balaban J connectivity index is 0.00000261. The van der Waals surface area contributed by atoms with Gasteiger partial charge in [-0.15, -0.1) is 24.0 Å². The van der Waals surface area contributed by atoms with E-state index in [1.807, 2.05) is 49.9 Å². The van der Waals surface area contributed by atoms with Crippen molar-refractivity contribution in [2.45, 2.75) is 20.0 Å². The number of aromatic nitrogens is 3. The molecule has 146 valence electrons. The molecular formula is C18H23Cl2IN6. The molecule has 0 atom stereocenters. The average molecular weight is 521 g/mol. The quantitative estimate of drug-likeness (QED) is 0.302. The van der Waals surface area contributed by atoms with Gasteiger partial charge in [-0.25, -0.2) is 9.98 Å². The molecular weight excluding hydrogens is 498 g/mol. The molecule has 3 aromatic rings. The molecule has 0 aliphatic rings. The van der Waals surface area contributed by atoms with E-state index in [0.29, 0.717) is 29.2 Å². The molecule has 3 rings (SSSR count).